The highest BCUT2D eigenvalue weighted by atomic mass is 18.2. The summed E-state index contributed by atoms with van der Waals surface area (Å²) in [5.41, 5.74) is 0.208. The summed E-state index contributed by atoms with van der Waals surface area (Å²) in [4.78, 5) is 23.3. The van der Waals surface area contributed by atoms with Gasteiger partial charge in [0.05, 0.1) is 6.20 Å². The van der Waals surface area contributed by atoms with E-state index in [0.29, 0.717) is 12.8 Å². The number of Topliss-reactive ketones (excluding diaryl/α,β-unsaturated/α-hetero) is 2. The van der Waals surface area contributed by atoms with Crippen molar-refractivity contribution in [3.05, 3.63) is 11.9 Å². The number of rotatable bonds is 8. The van der Waals surface area contributed by atoms with E-state index in [9.17, 15) is 14.0 Å². The van der Waals surface area contributed by atoms with Crippen molar-refractivity contribution < 1.29 is 14.0 Å². The average Bonchev–Trinajstić information content (AvgIpc) is 2.82. The molecule has 0 N–H and O–H groups in total. The SMILES string of the molecule is CCC(=O)C(CC)CC(=O)Cn1cc(C[18F])nn1. The van der Waals surface area contributed by atoms with Crippen LogP contribution in [0.25, 0.3) is 0 Å². The van der Waals surface area contributed by atoms with Crippen LogP contribution in [-0.2, 0) is 22.8 Å². The molecule has 1 aromatic heterocycles. The topological polar surface area (TPSA) is 64.8 Å². The lowest BCUT2D eigenvalue weighted by molar-refractivity contribution is -0.128. The molecule has 0 saturated carbocycles. The Morgan fingerprint density at radius 3 is 2.67 bits per heavy atom. The molecular formula is C12H18FN3O2. The number of hydrogen-bond acceptors (Lipinski definition) is 4. The van der Waals surface area contributed by atoms with Gasteiger partial charge < -0.3 is 0 Å². The largest absolute Gasteiger partial charge is 0.299 e. The van der Waals surface area contributed by atoms with E-state index in [4.69, 9.17) is 0 Å². The number of carbonyl (C=O) groups excluding carboxylic acids is 2. The molecule has 1 atom stereocenters. The Morgan fingerprint density at radius 1 is 1.44 bits per heavy atom. The lowest BCUT2D eigenvalue weighted by Crippen LogP contribution is -2.20. The van der Waals surface area contributed by atoms with Crippen LogP contribution in [-0.4, -0.2) is 26.6 Å². The second kappa shape index (κ2) is 6.98. The minimum atomic E-state index is -0.694. The molecule has 18 heavy (non-hydrogen) atoms. The molecule has 1 heterocycles. The van der Waals surface area contributed by atoms with Crippen LogP contribution in [0.5, 0.6) is 0 Å². The molecule has 0 aromatic carbocycles. The normalized spacial score (nSPS) is 12.4. The van der Waals surface area contributed by atoms with Crippen LogP contribution in [0.3, 0.4) is 0 Å². The van der Waals surface area contributed by atoms with Gasteiger partial charge in [0.25, 0.3) is 0 Å². The number of aromatic nitrogens is 3. The fourth-order valence-electron chi connectivity index (χ4n) is 1.77. The zero-order valence-electron chi connectivity index (χ0n) is 10.7. The highest BCUT2D eigenvalue weighted by molar-refractivity contribution is 5.87. The van der Waals surface area contributed by atoms with Gasteiger partial charge in [0.15, 0.2) is 5.78 Å². The van der Waals surface area contributed by atoms with E-state index >= 15 is 0 Å². The molecule has 0 aliphatic heterocycles. The highest BCUT2D eigenvalue weighted by Gasteiger charge is 2.18. The van der Waals surface area contributed by atoms with Crippen molar-refractivity contribution in [2.45, 2.75) is 46.3 Å². The van der Waals surface area contributed by atoms with Crippen LogP contribution in [0.1, 0.15) is 38.8 Å². The van der Waals surface area contributed by atoms with Gasteiger partial charge in [-0.3, -0.25) is 9.59 Å². The molecular weight excluding hydrogens is 236 g/mol. The molecule has 0 fully saturated rings. The predicted octanol–water partition coefficient (Wildman–Crippen LogP) is 1.71. The maximum atomic E-state index is 12.2. The molecule has 0 saturated heterocycles. The number of hydrogen-bond donors (Lipinski definition) is 0. The maximum Gasteiger partial charge on any atom is 0.155 e. The Bertz CT molecular complexity index is 417. The van der Waals surface area contributed by atoms with E-state index in [-0.39, 0.29) is 36.1 Å². The standard InChI is InChI=1S/C12H18FN3O2/c1-3-9(12(18)4-2)5-11(17)8-16-7-10(6-13)14-15-16/h7,9H,3-6,8H2,1-2H3/i13-1. The van der Waals surface area contributed by atoms with Gasteiger partial charge in [0.1, 0.15) is 24.7 Å². The van der Waals surface area contributed by atoms with Crippen molar-refractivity contribution in [2.75, 3.05) is 0 Å². The van der Waals surface area contributed by atoms with Crippen molar-refractivity contribution in [3.8, 4) is 0 Å². The summed E-state index contributed by atoms with van der Waals surface area (Å²) in [5, 5.41) is 7.20. The predicted molar refractivity (Wildman–Crippen MR) is 63.5 cm³/mol. The second-order valence-corrected chi connectivity index (χ2v) is 4.21. The van der Waals surface area contributed by atoms with Crippen LogP contribution in [0.2, 0.25) is 0 Å². The zero-order valence-corrected chi connectivity index (χ0v) is 10.7. The number of ketones is 2. The fourth-order valence-corrected chi connectivity index (χ4v) is 1.77. The highest BCUT2D eigenvalue weighted by Crippen LogP contribution is 2.12. The van der Waals surface area contributed by atoms with Gasteiger partial charge in [-0.1, -0.05) is 19.1 Å². The summed E-state index contributed by atoms with van der Waals surface area (Å²) in [6.07, 6.45) is 2.72. The number of halogens is 1. The van der Waals surface area contributed by atoms with Gasteiger partial charge in [-0.25, -0.2) is 9.07 Å². The quantitative estimate of drug-likeness (QED) is 0.708. The Kier molecular flexibility index (Phi) is 5.61. The molecule has 0 aliphatic rings. The van der Waals surface area contributed by atoms with Crippen molar-refractivity contribution >= 4 is 11.6 Å². The van der Waals surface area contributed by atoms with Gasteiger partial charge in [0.2, 0.25) is 0 Å². The van der Waals surface area contributed by atoms with Crippen molar-refractivity contribution in [1.82, 2.24) is 15.0 Å². The molecule has 0 aliphatic carbocycles. The molecule has 100 valence electrons. The van der Waals surface area contributed by atoms with Crippen LogP contribution in [0, 0.1) is 5.92 Å². The summed E-state index contributed by atoms with van der Waals surface area (Å²) in [6.45, 7) is 3.03. The summed E-state index contributed by atoms with van der Waals surface area (Å²) in [5.74, 6) is -0.195. The van der Waals surface area contributed by atoms with Gasteiger partial charge in [0, 0.05) is 18.8 Å². The smallest absolute Gasteiger partial charge is 0.155 e. The zero-order chi connectivity index (χ0) is 13.5. The van der Waals surface area contributed by atoms with Gasteiger partial charge in [-0.15, -0.1) is 5.10 Å². The van der Waals surface area contributed by atoms with E-state index < -0.39 is 6.67 Å². The maximum absolute atomic E-state index is 12.2. The van der Waals surface area contributed by atoms with Gasteiger partial charge >= 0.3 is 0 Å². The summed E-state index contributed by atoms with van der Waals surface area (Å²) >= 11 is 0. The molecule has 1 rings (SSSR count). The Morgan fingerprint density at radius 2 is 2.17 bits per heavy atom. The average molecular weight is 254 g/mol. The first-order valence-electron chi connectivity index (χ1n) is 6.10. The van der Waals surface area contributed by atoms with E-state index in [1.54, 1.807) is 6.92 Å². The molecule has 0 amide bonds. The molecule has 6 heteroatoms. The summed E-state index contributed by atoms with van der Waals surface area (Å²) in [7, 11) is 0. The molecule has 0 spiro atoms. The summed E-state index contributed by atoms with van der Waals surface area (Å²) < 4.78 is 13.6. The molecule has 0 radical (unpaired) electrons. The van der Waals surface area contributed by atoms with E-state index in [1.165, 1.54) is 10.9 Å². The third kappa shape index (κ3) is 4.01. The monoisotopic (exact) mass is 254 g/mol. The van der Waals surface area contributed by atoms with Gasteiger partial charge in [-0.2, -0.15) is 0 Å². The van der Waals surface area contributed by atoms with Crippen LogP contribution in [0.4, 0.5) is 4.39 Å². The minimum absolute atomic E-state index is 0.0422. The van der Waals surface area contributed by atoms with Crippen molar-refractivity contribution in [3.63, 3.8) is 0 Å². The summed E-state index contributed by atoms with van der Waals surface area (Å²) in [6, 6.07) is 0. The van der Waals surface area contributed by atoms with Crippen LogP contribution < -0.4 is 0 Å². The van der Waals surface area contributed by atoms with Crippen LogP contribution >= 0.6 is 0 Å². The molecule has 5 nitrogen and oxygen atoms in total. The first kappa shape index (κ1) is 14.5. The number of nitrogens with zero attached hydrogens (tertiary/aromatic N) is 3. The van der Waals surface area contributed by atoms with Crippen molar-refractivity contribution in [1.29, 1.82) is 0 Å². The Balaban J connectivity index is 2.52. The van der Waals surface area contributed by atoms with Crippen LogP contribution in [0.15, 0.2) is 6.20 Å². The third-order valence-electron chi connectivity index (χ3n) is 2.83. The number of alkyl halides is 1. The molecule has 1 aromatic rings. The first-order chi connectivity index (χ1) is 8.60. The second-order valence-electron chi connectivity index (χ2n) is 4.21. The lowest BCUT2D eigenvalue weighted by atomic mass is 9.93. The van der Waals surface area contributed by atoms with E-state index in [2.05, 4.69) is 10.3 Å². The third-order valence-corrected chi connectivity index (χ3v) is 2.83. The molecule has 1 unspecified atom stereocenters. The van der Waals surface area contributed by atoms with E-state index in [1.807, 2.05) is 6.92 Å². The fraction of sp³-hybridized carbons (Fsp3) is 0.667. The van der Waals surface area contributed by atoms with E-state index in [0.717, 1.165) is 0 Å². The van der Waals surface area contributed by atoms with Crippen molar-refractivity contribution in [2.24, 2.45) is 5.92 Å². The Hall–Kier alpha value is -1.59. The molecule has 0 bridgehead atoms. The first-order valence-corrected chi connectivity index (χ1v) is 6.10. The number of carbonyl (C=O) groups is 2. The van der Waals surface area contributed by atoms with Gasteiger partial charge in [-0.05, 0) is 6.42 Å². The minimum Gasteiger partial charge on any atom is -0.299 e. The Labute approximate surface area is 105 Å². The lowest BCUT2D eigenvalue weighted by Gasteiger charge is -2.11.